The highest BCUT2D eigenvalue weighted by atomic mass is 28.2. The van der Waals surface area contributed by atoms with E-state index in [1.54, 1.807) is 0 Å². The molecule has 0 heterocycles. The van der Waals surface area contributed by atoms with Crippen LogP contribution in [-0.4, -0.2) is 15.4 Å². The Bertz CT molecular complexity index is 292. The molecule has 0 aliphatic rings. The van der Waals surface area contributed by atoms with E-state index in [-0.39, 0.29) is 5.60 Å². The summed E-state index contributed by atoms with van der Waals surface area (Å²) in [6.45, 7) is 10.5. The van der Waals surface area contributed by atoms with Crippen molar-refractivity contribution in [3.63, 3.8) is 0 Å². The van der Waals surface area contributed by atoms with Crippen LogP contribution >= 0.6 is 0 Å². The molecule has 76 valence electrons. The first-order valence-electron chi connectivity index (χ1n) is 4.89. The second kappa shape index (κ2) is 4.28. The molecule has 0 aromatic heterocycles. The van der Waals surface area contributed by atoms with Crippen molar-refractivity contribution < 1.29 is 4.43 Å². The first kappa shape index (κ1) is 11.5. The van der Waals surface area contributed by atoms with Gasteiger partial charge < -0.3 is 4.43 Å². The SMILES string of the molecule is Cc1cc(C)cc([Si]OC(C)(C)C)c1. The van der Waals surface area contributed by atoms with Gasteiger partial charge >= 0.3 is 0 Å². The predicted molar refractivity (Wildman–Crippen MR) is 62.1 cm³/mol. The highest BCUT2D eigenvalue weighted by Gasteiger charge is 2.11. The molecule has 0 bridgehead atoms. The fraction of sp³-hybridized carbons (Fsp3) is 0.500. The van der Waals surface area contributed by atoms with Gasteiger partial charge in [-0.25, -0.2) is 0 Å². The molecule has 0 aliphatic carbocycles. The van der Waals surface area contributed by atoms with Crippen molar-refractivity contribution in [1.29, 1.82) is 0 Å². The number of benzene rings is 1. The number of rotatable bonds is 2. The molecule has 0 atom stereocenters. The van der Waals surface area contributed by atoms with E-state index in [1.807, 2.05) is 0 Å². The van der Waals surface area contributed by atoms with Crippen molar-refractivity contribution in [2.24, 2.45) is 0 Å². The third-order valence-electron chi connectivity index (χ3n) is 1.70. The molecule has 0 N–H and O–H groups in total. The molecule has 0 saturated heterocycles. The maximum absolute atomic E-state index is 5.75. The highest BCUT2D eigenvalue weighted by molar-refractivity contribution is 6.47. The van der Waals surface area contributed by atoms with E-state index < -0.39 is 0 Å². The fourth-order valence-electron chi connectivity index (χ4n) is 1.25. The van der Waals surface area contributed by atoms with Crippen LogP contribution in [0.5, 0.6) is 0 Å². The van der Waals surface area contributed by atoms with Gasteiger partial charge in [0.1, 0.15) is 0 Å². The first-order valence-corrected chi connectivity index (χ1v) is 5.80. The Morgan fingerprint density at radius 2 is 1.50 bits per heavy atom. The minimum Gasteiger partial charge on any atom is -0.407 e. The van der Waals surface area contributed by atoms with Gasteiger partial charge in [0.2, 0.25) is 0 Å². The molecule has 2 radical (unpaired) electrons. The summed E-state index contributed by atoms with van der Waals surface area (Å²) in [4.78, 5) is 0. The lowest BCUT2D eigenvalue weighted by molar-refractivity contribution is 0.142. The Hall–Kier alpha value is -0.603. The minimum absolute atomic E-state index is 0.0455. The van der Waals surface area contributed by atoms with Crippen molar-refractivity contribution in [3.8, 4) is 0 Å². The maximum Gasteiger partial charge on any atom is 0.269 e. The topological polar surface area (TPSA) is 9.23 Å². The third-order valence-corrected chi connectivity index (χ3v) is 2.94. The van der Waals surface area contributed by atoms with E-state index >= 15 is 0 Å². The standard InChI is InChI=1S/C12H18OSi/c1-9-6-10(2)8-11(7-9)14-13-12(3,4)5/h6-8H,1-5H3. The van der Waals surface area contributed by atoms with Gasteiger partial charge in [0.15, 0.2) is 0 Å². The quantitative estimate of drug-likeness (QED) is 0.675. The number of hydrogen-bond donors (Lipinski definition) is 0. The van der Waals surface area contributed by atoms with Crippen molar-refractivity contribution in [2.75, 3.05) is 0 Å². The summed E-state index contributed by atoms with van der Waals surface area (Å²) < 4.78 is 5.75. The minimum atomic E-state index is -0.0455. The molecule has 14 heavy (non-hydrogen) atoms. The summed E-state index contributed by atoms with van der Waals surface area (Å²) in [5.41, 5.74) is 2.57. The van der Waals surface area contributed by atoms with Crippen LogP contribution in [-0.2, 0) is 4.43 Å². The zero-order valence-electron chi connectivity index (χ0n) is 9.64. The van der Waals surface area contributed by atoms with Gasteiger partial charge in [-0.1, -0.05) is 29.3 Å². The molecule has 0 unspecified atom stereocenters. The Kier molecular flexibility index (Phi) is 3.51. The van der Waals surface area contributed by atoms with Gasteiger partial charge in [0, 0.05) is 5.60 Å². The Morgan fingerprint density at radius 3 is 1.93 bits per heavy atom. The van der Waals surface area contributed by atoms with Gasteiger partial charge in [-0.15, -0.1) is 0 Å². The van der Waals surface area contributed by atoms with E-state index in [4.69, 9.17) is 4.43 Å². The molecule has 0 saturated carbocycles. The van der Waals surface area contributed by atoms with Gasteiger partial charge in [-0.3, -0.25) is 0 Å². The zero-order valence-corrected chi connectivity index (χ0v) is 10.6. The van der Waals surface area contributed by atoms with Crippen molar-refractivity contribution in [2.45, 2.75) is 40.2 Å². The van der Waals surface area contributed by atoms with Crippen molar-refractivity contribution in [3.05, 3.63) is 29.3 Å². The third kappa shape index (κ3) is 4.07. The molecule has 0 spiro atoms. The average Bonchev–Trinajstić information content (AvgIpc) is 1.97. The van der Waals surface area contributed by atoms with Crippen molar-refractivity contribution in [1.82, 2.24) is 0 Å². The highest BCUT2D eigenvalue weighted by Crippen LogP contribution is 2.06. The summed E-state index contributed by atoms with van der Waals surface area (Å²) in [7, 11) is 0.449. The lowest BCUT2D eigenvalue weighted by Crippen LogP contribution is -2.28. The first-order chi connectivity index (χ1) is 6.37. The normalized spacial score (nSPS) is 11.8. The molecular weight excluding hydrogens is 188 g/mol. The largest absolute Gasteiger partial charge is 0.407 e. The average molecular weight is 206 g/mol. The molecule has 1 aromatic carbocycles. The molecule has 2 heteroatoms. The summed E-state index contributed by atoms with van der Waals surface area (Å²) in [5.74, 6) is 0. The number of hydrogen-bond acceptors (Lipinski definition) is 1. The van der Waals surface area contributed by atoms with Gasteiger partial charge in [0.05, 0.1) is 0 Å². The Labute approximate surface area is 89.4 Å². The van der Waals surface area contributed by atoms with Crippen LogP contribution in [0.4, 0.5) is 0 Å². The summed E-state index contributed by atoms with van der Waals surface area (Å²) >= 11 is 0. The molecule has 1 aromatic rings. The number of aryl methyl sites for hydroxylation is 2. The lowest BCUT2D eigenvalue weighted by atomic mass is 10.2. The predicted octanol–water partition coefficient (Wildman–Crippen LogP) is 2.36. The van der Waals surface area contributed by atoms with Crippen LogP contribution < -0.4 is 5.19 Å². The smallest absolute Gasteiger partial charge is 0.269 e. The fourth-order valence-corrected chi connectivity index (χ4v) is 2.24. The summed E-state index contributed by atoms with van der Waals surface area (Å²) in [6, 6.07) is 6.57. The van der Waals surface area contributed by atoms with Crippen LogP contribution in [0, 0.1) is 13.8 Å². The van der Waals surface area contributed by atoms with E-state index in [1.165, 1.54) is 16.3 Å². The second-order valence-corrected chi connectivity index (χ2v) is 5.68. The van der Waals surface area contributed by atoms with Gasteiger partial charge in [-0.05, 0) is 39.8 Å². The van der Waals surface area contributed by atoms with Crippen molar-refractivity contribution >= 4 is 14.9 Å². The summed E-state index contributed by atoms with van der Waals surface area (Å²) in [5, 5.41) is 1.29. The Morgan fingerprint density at radius 1 is 1.00 bits per heavy atom. The molecule has 0 aliphatic heterocycles. The second-order valence-electron chi connectivity index (χ2n) is 4.69. The van der Waals surface area contributed by atoms with E-state index in [9.17, 15) is 0 Å². The molecule has 0 fully saturated rings. The van der Waals surface area contributed by atoms with Gasteiger partial charge in [-0.2, -0.15) is 0 Å². The molecule has 1 rings (SSSR count). The van der Waals surface area contributed by atoms with Gasteiger partial charge in [0.25, 0.3) is 9.76 Å². The van der Waals surface area contributed by atoms with E-state index in [0.717, 1.165) is 0 Å². The van der Waals surface area contributed by atoms with Crippen LogP contribution in [0.1, 0.15) is 31.9 Å². The van der Waals surface area contributed by atoms with E-state index in [0.29, 0.717) is 9.76 Å². The van der Waals surface area contributed by atoms with E-state index in [2.05, 4.69) is 52.8 Å². The lowest BCUT2D eigenvalue weighted by Gasteiger charge is -2.19. The Balaban J connectivity index is 2.68. The summed E-state index contributed by atoms with van der Waals surface area (Å²) in [6.07, 6.45) is 0. The molecule has 0 amide bonds. The van der Waals surface area contributed by atoms with Crippen LogP contribution in [0.2, 0.25) is 0 Å². The maximum atomic E-state index is 5.75. The zero-order chi connectivity index (χ0) is 10.8. The molecular formula is C12H18OSi. The van der Waals surface area contributed by atoms with Crippen LogP contribution in [0.15, 0.2) is 18.2 Å². The van der Waals surface area contributed by atoms with Crippen LogP contribution in [0.25, 0.3) is 0 Å². The van der Waals surface area contributed by atoms with Crippen LogP contribution in [0.3, 0.4) is 0 Å². The monoisotopic (exact) mass is 206 g/mol. The molecule has 1 nitrogen and oxygen atoms in total.